The van der Waals surface area contributed by atoms with E-state index in [4.69, 9.17) is 4.42 Å². The van der Waals surface area contributed by atoms with Gasteiger partial charge in [0.05, 0.1) is 18.1 Å². The molecule has 5 heteroatoms. The maximum absolute atomic E-state index is 5.60. The SMILES string of the molecule is CNc1cnn(Cc2cnc(C(C)C)o2)c1. The molecule has 0 aliphatic carbocycles. The zero-order valence-electron chi connectivity index (χ0n) is 9.77. The van der Waals surface area contributed by atoms with Gasteiger partial charge in [0, 0.05) is 19.2 Å². The van der Waals surface area contributed by atoms with Crippen LogP contribution in [-0.2, 0) is 6.54 Å². The molecule has 2 aromatic rings. The van der Waals surface area contributed by atoms with E-state index in [9.17, 15) is 0 Å². The summed E-state index contributed by atoms with van der Waals surface area (Å²) < 4.78 is 7.42. The van der Waals surface area contributed by atoms with E-state index in [0.29, 0.717) is 12.5 Å². The van der Waals surface area contributed by atoms with Crippen molar-refractivity contribution < 1.29 is 4.42 Å². The third-order valence-electron chi connectivity index (χ3n) is 2.31. The lowest BCUT2D eigenvalue weighted by Gasteiger charge is -1.98. The van der Waals surface area contributed by atoms with Crippen LogP contribution in [0.15, 0.2) is 23.0 Å². The number of nitrogens with one attached hydrogen (secondary N) is 1. The van der Waals surface area contributed by atoms with Crippen LogP contribution in [0.4, 0.5) is 5.69 Å². The highest BCUT2D eigenvalue weighted by atomic mass is 16.4. The molecule has 5 nitrogen and oxygen atoms in total. The Bertz CT molecular complexity index is 458. The van der Waals surface area contributed by atoms with E-state index >= 15 is 0 Å². The van der Waals surface area contributed by atoms with Gasteiger partial charge in [-0.15, -0.1) is 0 Å². The first-order chi connectivity index (χ1) is 7.69. The molecule has 86 valence electrons. The molecule has 0 aromatic carbocycles. The Hall–Kier alpha value is -1.78. The molecule has 0 atom stereocenters. The summed E-state index contributed by atoms with van der Waals surface area (Å²) in [7, 11) is 1.87. The summed E-state index contributed by atoms with van der Waals surface area (Å²) in [6.07, 6.45) is 5.47. The zero-order valence-corrected chi connectivity index (χ0v) is 9.77. The highest BCUT2D eigenvalue weighted by Crippen LogP contribution is 2.15. The van der Waals surface area contributed by atoms with Crippen molar-refractivity contribution in [3.8, 4) is 0 Å². The van der Waals surface area contributed by atoms with Gasteiger partial charge in [0.25, 0.3) is 0 Å². The molecule has 0 radical (unpaired) electrons. The fourth-order valence-electron chi connectivity index (χ4n) is 1.40. The van der Waals surface area contributed by atoms with E-state index in [1.807, 2.05) is 17.9 Å². The molecule has 0 saturated carbocycles. The van der Waals surface area contributed by atoms with Gasteiger partial charge < -0.3 is 9.73 Å². The van der Waals surface area contributed by atoms with Gasteiger partial charge >= 0.3 is 0 Å². The Morgan fingerprint density at radius 2 is 2.25 bits per heavy atom. The van der Waals surface area contributed by atoms with Crippen LogP contribution in [0.5, 0.6) is 0 Å². The molecule has 0 saturated heterocycles. The highest BCUT2D eigenvalue weighted by Gasteiger charge is 2.08. The summed E-state index contributed by atoms with van der Waals surface area (Å²) in [4.78, 5) is 4.22. The average Bonchev–Trinajstić information content (AvgIpc) is 2.87. The topological polar surface area (TPSA) is 55.9 Å². The largest absolute Gasteiger partial charge is 0.443 e. The van der Waals surface area contributed by atoms with Crippen LogP contribution in [-0.4, -0.2) is 21.8 Å². The lowest BCUT2D eigenvalue weighted by molar-refractivity contribution is 0.421. The molecular formula is C11H16N4O. The molecule has 16 heavy (non-hydrogen) atoms. The van der Waals surface area contributed by atoms with Gasteiger partial charge in [0.2, 0.25) is 0 Å². The first-order valence-electron chi connectivity index (χ1n) is 5.34. The second kappa shape index (κ2) is 4.38. The maximum atomic E-state index is 5.60. The Morgan fingerprint density at radius 3 is 2.81 bits per heavy atom. The molecule has 0 unspecified atom stereocenters. The second-order valence-corrected chi connectivity index (χ2v) is 4.00. The van der Waals surface area contributed by atoms with E-state index < -0.39 is 0 Å². The van der Waals surface area contributed by atoms with Crippen molar-refractivity contribution in [3.63, 3.8) is 0 Å². The lowest BCUT2D eigenvalue weighted by Crippen LogP contribution is -1.98. The number of hydrogen-bond acceptors (Lipinski definition) is 4. The van der Waals surface area contributed by atoms with Crippen LogP contribution in [0, 0.1) is 0 Å². The molecule has 0 aliphatic rings. The van der Waals surface area contributed by atoms with Gasteiger partial charge in [-0.2, -0.15) is 5.10 Å². The fourth-order valence-corrected chi connectivity index (χ4v) is 1.40. The van der Waals surface area contributed by atoms with Gasteiger partial charge in [-0.1, -0.05) is 13.8 Å². The second-order valence-electron chi connectivity index (χ2n) is 4.00. The molecular weight excluding hydrogens is 204 g/mol. The summed E-state index contributed by atoms with van der Waals surface area (Å²) >= 11 is 0. The van der Waals surface area contributed by atoms with Crippen molar-refractivity contribution in [2.24, 2.45) is 0 Å². The van der Waals surface area contributed by atoms with Crippen LogP contribution in [0.3, 0.4) is 0 Å². The number of oxazole rings is 1. The number of nitrogens with zero attached hydrogens (tertiary/aromatic N) is 3. The first-order valence-corrected chi connectivity index (χ1v) is 5.34. The van der Waals surface area contributed by atoms with Crippen LogP contribution < -0.4 is 5.32 Å². The molecule has 0 amide bonds. The van der Waals surface area contributed by atoms with Crippen molar-refractivity contribution in [2.75, 3.05) is 12.4 Å². The number of aromatic nitrogens is 3. The normalized spacial score (nSPS) is 11.0. The summed E-state index contributed by atoms with van der Waals surface area (Å²) in [5.41, 5.74) is 0.989. The standard InChI is InChI=1S/C11H16N4O/c1-8(2)11-13-5-10(16-11)7-15-6-9(12-3)4-14-15/h4-6,8,12H,7H2,1-3H3. The smallest absolute Gasteiger partial charge is 0.197 e. The molecule has 1 N–H and O–H groups in total. The van der Waals surface area contributed by atoms with Crippen molar-refractivity contribution >= 4 is 5.69 Å². The average molecular weight is 220 g/mol. The maximum Gasteiger partial charge on any atom is 0.197 e. The van der Waals surface area contributed by atoms with Crippen molar-refractivity contribution in [1.82, 2.24) is 14.8 Å². The monoisotopic (exact) mass is 220 g/mol. The van der Waals surface area contributed by atoms with Crippen molar-refractivity contribution in [3.05, 3.63) is 30.2 Å². The first kappa shape index (κ1) is 10.7. The van der Waals surface area contributed by atoms with E-state index in [2.05, 4.69) is 29.2 Å². The lowest BCUT2D eigenvalue weighted by atomic mass is 10.2. The molecule has 2 aromatic heterocycles. The fraction of sp³-hybridized carbons (Fsp3) is 0.455. The number of rotatable bonds is 4. The van der Waals surface area contributed by atoms with Crippen molar-refractivity contribution in [1.29, 1.82) is 0 Å². The van der Waals surface area contributed by atoms with Crippen LogP contribution in [0.25, 0.3) is 0 Å². The van der Waals surface area contributed by atoms with Crippen LogP contribution in [0.2, 0.25) is 0 Å². The summed E-state index contributed by atoms with van der Waals surface area (Å²) in [5.74, 6) is 1.92. The van der Waals surface area contributed by atoms with E-state index in [0.717, 1.165) is 17.3 Å². The third-order valence-corrected chi connectivity index (χ3v) is 2.31. The van der Waals surface area contributed by atoms with Gasteiger partial charge in [-0.05, 0) is 0 Å². The van der Waals surface area contributed by atoms with Crippen LogP contribution >= 0.6 is 0 Å². The predicted molar refractivity (Wildman–Crippen MR) is 61.5 cm³/mol. The van der Waals surface area contributed by atoms with Gasteiger partial charge in [-0.3, -0.25) is 4.68 Å². The van der Waals surface area contributed by atoms with E-state index in [1.54, 1.807) is 12.4 Å². The molecule has 0 bridgehead atoms. The molecule has 0 spiro atoms. The van der Waals surface area contributed by atoms with E-state index in [1.165, 1.54) is 0 Å². The molecule has 2 rings (SSSR count). The minimum absolute atomic E-state index is 0.319. The Balaban J connectivity index is 2.08. The highest BCUT2D eigenvalue weighted by molar-refractivity contribution is 5.36. The zero-order chi connectivity index (χ0) is 11.5. The van der Waals surface area contributed by atoms with Crippen molar-refractivity contribution in [2.45, 2.75) is 26.3 Å². The molecule has 2 heterocycles. The minimum Gasteiger partial charge on any atom is -0.443 e. The summed E-state index contributed by atoms with van der Waals surface area (Å²) in [5, 5.41) is 7.23. The van der Waals surface area contributed by atoms with Gasteiger partial charge in [0.1, 0.15) is 12.3 Å². The molecule has 0 fully saturated rings. The Kier molecular flexibility index (Phi) is 2.94. The Labute approximate surface area is 94.5 Å². The van der Waals surface area contributed by atoms with Gasteiger partial charge in [-0.25, -0.2) is 4.98 Å². The number of hydrogen-bond donors (Lipinski definition) is 1. The quantitative estimate of drug-likeness (QED) is 0.857. The predicted octanol–water partition coefficient (Wildman–Crippen LogP) is 2.08. The van der Waals surface area contributed by atoms with Crippen LogP contribution in [0.1, 0.15) is 31.4 Å². The minimum atomic E-state index is 0.319. The summed E-state index contributed by atoms with van der Waals surface area (Å²) in [6.45, 7) is 4.73. The summed E-state index contributed by atoms with van der Waals surface area (Å²) in [6, 6.07) is 0. The Morgan fingerprint density at radius 1 is 1.44 bits per heavy atom. The third kappa shape index (κ3) is 2.24. The number of anilines is 1. The van der Waals surface area contributed by atoms with E-state index in [-0.39, 0.29) is 0 Å². The molecule has 0 aliphatic heterocycles. The van der Waals surface area contributed by atoms with Gasteiger partial charge in [0.15, 0.2) is 5.89 Å².